The number of aliphatic hydroxyl groups is 3. The van der Waals surface area contributed by atoms with E-state index in [1.54, 1.807) is 6.92 Å². The van der Waals surface area contributed by atoms with Crippen LogP contribution in [0, 0.1) is 11.3 Å². The van der Waals surface area contributed by atoms with Gasteiger partial charge in [0.25, 0.3) is 0 Å². The van der Waals surface area contributed by atoms with E-state index < -0.39 is 5.41 Å². The topological polar surface area (TPSA) is 94.8 Å². The quantitative estimate of drug-likeness (QED) is 0.529. The molecule has 5 heteroatoms. The molecule has 16 heavy (non-hydrogen) atoms. The van der Waals surface area contributed by atoms with E-state index >= 15 is 0 Å². The molecule has 0 heterocycles. The minimum absolute atomic E-state index is 0.0139. The van der Waals surface area contributed by atoms with Crippen molar-refractivity contribution in [2.45, 2.75) is 26.7 Å². The summed E-state index contributed by atoms with van der Waals surface area (Å²) in [6, 6.07) is 0. The highest BCUT2D eigenvalue weighted by Gasteiger charge is 2.25. The lowest BCUT2D eigenvalue weighted by molar-refractivity contribution is -0.121. The van der Waals surface area contributed by atoms with Crippen molar-refractivity contribution < 1.29 is 24.9 Å². The van der Waals surface area contributed by atoms with Crippen molar-refractivity contribution in [3.05, 3.63) is 0 Å². The number of rotatable bonds is 7. The number of hydrogen-bond acceptors (Lipinski definition) is 5. The number of carbonyl (C=O) groups excluding carboxylic acids is 2. The van der Waals surface area contributed by atoms with E-state index in [1.807, 2.05) is 6.92 Å². The van der Waals surface area contributed by atoms with Gasteiger partial charge in [-0.05, 0) is 12.8 Å². The molecule has 0 fully saturated rings. The SMILES string of the molecule is CCC(C=O)(CO)CO.CCC(C=O)CO. The smallest absolute Gasteiger partial charge is 0.130 e. The fourth-order valence-electron chi connectivity index (χ4n) is 0.700. The normalized spacial score (nSPS) is 12.3. The van der Waals surface area contributed by atoms with Crippen molar-refractivity contribution in [2.24, 2.45) is 11.3 Å². The minimum atomic E-state index is -0.903. The monoisotopic (exact) mass is 234 g/mol. The molecule has 5 nitrogen and oxygen atoms in total. The molecular formula is C11H22O5. The van der Waals surface area contributed by atoms with E-state index in [4.69, 9.17) is 15.3 Å². The summed E-state index contributed by atoms with van der Waals surface area (Å²) in [5.41, 5.74) is -0.903. The van der Waals surface area contributed by atoms with E-state index in [9.17, 15) is 9.59 Å². The molecule has 0 rings (SSSR count). The van der Waals surface area contributed by atoms with Crippen molar-refractivity contribution in [1.29, 1.82) is 0 Å². The van der Waals surface area contributed by atoms with Gasteiger partial charge in [0.05, 0.1) is 25.2 Å². The van der Waals surface area contributed by atoms with Crippen LogP contribution in [0.1, 0.15) is 26.7 Å². The molecule has 0 bridgehead atoms. The summed E-state index contributed by atoms with van der Waals surface area (Å²) in [7, 11) is 0. The largest absolute Gasteiger partial charge is 0.396 e. The first kappa shape index (κ1) is 17.6. The molecule has 0 saturated carbocycles. The first-order chi connectivity index (χ1) is 7.59. The Hall–Kier alpha value is -0.780. The van der Waals surface area contributed by atoms with Gasteiger partial charge in [0, 0.05) is 5.92 Å². The molecule has 0 aromatic carbocycles. The van der Waals surface area contributed by atoms with Crippen LogP contribution in [0.4, 0.5) is 0 Å². The zero-order valence-electron chi connectivity index (χ0n) is 9.93. The fraction of sp³-hybridized carbons (Fsp3) is 0.818. The maximum atomic E-state index is 10.2. The third-order valence-electron chi connectivity index (χ3n) is 2.54. The van der Waals surface area contributed by atoms with Crippen LogP contribution in [-0.4, -0.2) is 47.7 Å². The molecule has 0 aromatic rings. The fourth-order valence-corrected chi connectivity index (χ4v) is 0.700. The zero-order chi connectivity index (χ0) is 13.0. The van der Waals surface area contributed by atoms with Gasteiger partial charge in [0.15, 0.2) is 0 Å². The van der Waals surface area contributed by atoms with Crippen molar-refractivity contribution >= 4 is 12.6 Å². The molecule has 1 unspecified atom stereocenters. The van der Waals surface area contributed by atoms with Crippen LogP contribution in [0.15, 0.2) is 0 Å². The lowest BCUT2D eigenvalue weighted by atomic mass is 9.89. The molecule has 0 amide bonds. The number of carbonyl (C=O) groups is 2. The Morgan fingerprint density at radius 3 is 1.62 bits per heavy atom. The summed E-state index contributed by atoms with van der Waals surface area (Å²) in [5.74, 6) is -0.139. The van der Waals surface area contributed by atoms with E-state index in [0.29, 0.717) is 12.7 Å². The van der Waals surface area contributed by atoms with Crippen molar-refractivity contribution in [3.8, 4) is 0 Å². The van der Waals surface area contributed by atoms with Gasteiger partial charge in [0.2, 0.25) is 0 Å². The van der Waals surface area contributed by atoms with Gasteiger partial charge in [-0.3, -0.25) is 0 Å². The van der Waals surface area contributed by atoms with Crippen molar-refractivity contribution in [1.82, 2.24) is 0 Å². The number of hydrogen-bond donors (Lipinski definition) is 3. The van der Waals surface area contributed by atoms with Gasteiger partial charge >= 0.3 is 0 Å². The second-order valence-electron chi connectivity index (χ2n) is 3.64. The molecule has 0 spiro atoms. The first-order valence-electron chi connectivity index (χ1n) is 5.33. The highest BCUT2D eigenvalue weighted by atomic mass is 16.3. The minimum Gasteiger partial charge on any atom is -0.396 e. The van der Waals surface area contributed by atoms with Crippen LogP contribution in [-0.2, 0) is 9.59 Å². The molecule has 0 radical (unpaired) electrons. The van der Waals surface area contributed by atoms with Crippen molar-refractivity contribution in [2.75, 3.05) is 19.8 Å². The van der Waals surface area contributed by atoms with Crippen LogP contribution in [0.3, 0.4) is 0 Å². The summed E-state index contributed by atoms with van der Waals surface area (Å²) in [6.07, 6.45) is 2.59. The highest BCUT2D eigenvalue weighted by molar-refractivity contribution is 5.59. The van der Waals surface area contributed by atoms with Gasteiger partial charge in [-0.25, -0.2) is 0 Å². The standard InChI is InChI=1S/C6H12O3.C5H10O2/c1-2-6(3-7,4-8)5-9;1-2-5(3-6)4-7/h3,8-9H,2,4-5H2,1H3;3,5,7H,2,4H2,1H3. The van der Waals surface area contributed by atoms with Gasteiger partial charge in [-0.15, -0.1) is 0 Å². The van der Waals surface area contributed by atoms with E-state index in [-0.39, 0.29) is 25.7 Å². The Bertz CT molecular complexity index is 165. The molecule has 3 N–H and O–H groups in total. The molecule has 0 aliphatic carbocycles. The Morgan fingerprint density at radius 1 is 1.12 bits per heavy atom. The molecule has 0 aromatic heterocycles. The van der Waals surface area contributed by atoms with Crippen LogP contribution in [0.5, 0.6) is 0 Å². The Morgan fingerprint density at radius 2 is 1.62 bits per heavy atom. The van der Waals surface area contributed by atoms with E-state index in [2.05, 4.69) is 0 Å². The first-order valence-corrected chi connectivity index (χ1v) is 5.33. The van der Waals surface area contributed by atoms with E-state index in [1.165, 1.54) is 0 Å². The van der Waals surface area contributed by atoms with Gasteiger partial charge < -0.3 is 24.9 Å². The third kappa shape index (κ3) is 6.66. The molecular weight excluding hydrogens is 212 g/mol. The second-order valence-corrected chi connectivity index (χ2v) is 3.64. The molecule has 96 valence electrons. The molecule has 0 aliphatic heterocycles. The number of aldehydes is 2. The third-order valence-corrected chi connectivity index (χ3v) is 2.54. The molecule has 0 saturated heterocycles. The summed E-state index contributed by atoms with van der Waals surface area (Å²) in [5, 5.41) is 25.5. The summed E-state index contributed by atoms with van der Waals surface area (Å²) in [6.45, 7) is 3.06. The van der Waals surface area contributed by atoms with Crippen LogP contribution < -0.4 is 0 Å². The predicted molar refractivity (Wildman–Crippen MR) is 59.9 cm³/mol. The Kier molecular flexibility index (Phi) is 11.8. The average Bonchev–Trinajstić information content (AvgIpc) is 2.36. The molecule has 1 atom stereocenters. The van der Waals surface area contributed by atoms with E-state index in [0.717, 1.165) is 12.7 Å². The van der Waals surface area contributed by atoms with Crippen molar-refractivity contribution in [3.63, 3.8) is 0 Å². The lowest BCUT2D eigenvalue weighted by Gasteiger charge is -2.19. The second kappa shape index (κ2) is 10.7. The summed E-state index contributed by atoms with van der Waals surface area (Å²) >= 11 is 0. The average molecular weight is 234 g/mol. The summed E-state index contributed by atoms with van der Waals surface area (Å²) < 4.78 is 0. The highest BCUT2D eigenvalue weighted by Crippen LogP contribution is 2.15. The maximum Gasteiger partial charge on any atom is 0.130 e. The van der Waals surface area contributed by atoms with Crippen LogP contribution in [0.2, 0.25) is 0 Å². The van der Waals surface area contributed by atoms with Gasteiger partial charge in [-0.2, -0.15) is 0 Å². The maximum absolute atomic E-state index is 10.2. The van der Waals surface area contributed by atoms with Gasteiger partial charge in [0.1, 0.15) is 12.6 Å². The lowest BCUT2D eigenvalue weighted by Crippen LogP contribution is -2.30. The van der Waals surface area contributed by atoms with Gasteiger partial charge in [-0.1, -0.05) is 13.8 Å². The summed E-state index contributed by atoms with van der Waals surface area (Å²) in [4.78, 5) is 20.0. The molecule has 0 aliphatic rings. The van der Waals surface area contributed by atoms with Crippen LogP contribution >= 0.6 is 0 Å². The predicted octanol–water partition coefficient (Wildman–Crippen LogP) is -0.230. The zero-order valence-corrected chi connectivity index (χ0v) is 9.93. The van der Waals surface area contributed by atoms with Crippen LogP contribution in [0.25, 0.3) is 0 Å². The Labute approximate surface area is 96.1 Å². The number of aliphatic hydroxyl groups excluding tert-OH is 3. The Balaban J connectivity index is 0.